The standard InChI is InChI=1S/C12H14N4O3/c13-11(18)7-5-15-6-10-14-2-1-3-16(10)12(19)8(15)4-9(7)17/h4-5,10,14H,1-3,6H2,(H2,13,18). The van der Waals surface area contributed by atoms with Crippen LogP contribution in [0, 0.1) is 0 Å². The molecule has 0 aromatic carbocycles. The fourth-order valence-electron chi connectivity index (χ4n) is 2.62. The molecule has 100 valence electrons. The van der Waals surface area contributed by atoms with Crippen LogP contribution in [0.5, 0.6) is 0 Å². The van der Waals surface area contributed by atoms with Gasteiger partial charge in [-0.2, -0.15) is 0 Å². The highest BCUT2D eigenvalue weighted by atomic mass is 16.2. The lowest BCUT2D eigenvalue weighted by Gasteiger charge is -2.41. The first-order valence-corrected chi connectivity index (χ1v) is 6.16. The first-order chi connectivity index (χ1) is 9.08. The molecular formula is C12H14N4O3. The molecular weight excluding hydrogens is 248 g/mol. The van der Waals surface area contributed by atoms with Gasteiger partial charge in [0.15, 0.2) is 5.43 Å². The van der Waals surface area contributed by atoms with E-state index >= 15 is 0 Å². The molecule has 1 atom stereocenters. The molecule has 3 N–H and O–H groups in total. The minimum atomic E-state index is -0.771. The normalized spacial score (nSPS) is 21.8. The van der Waals surface area contributed by atoms with E-state index in [1.165, 1.54) is 12.3 Å². The Kier molecular flexibility index (Phi) is 2.63. The smallest absolute Gasteiger partial charge is 0.271 e. The van der Waals surface area contributed by atoms with Crippen LogP contribution in [0.2, 0.25) is 0 Å². The molecule has 1 fully saturated rings. The molecule has 1 aromatic rings. The number of primary amides is 1. The second kappa shape index (κ2) is 4.20. The van der Waals surface area contributed by atoms with Crippen LogP contribution in [-0.2, 0) is 6.54 Å². The second-order valence-electron chi connectivity index (χ2n) is 4.78. The molecule has 3 heterocycles. The average molecular weight is 262 g/mol. The third-order valence-corrected chi connectivity index (χ3v) is 3.57. The van der Waals surface area contributed by atoms with Crippen molar-refractivity contribution >= 4 is 11.8 Å². The molecule has 0 bridgehead atoms. The van der Waals surface area contributed by atoms with Crippen molar-refractivity contribution in [2.24, 2.45) is 5.73 Å². The molecule has 7 heteroatoms. The second-order valence-corrected chi connectivity index (χ2v) is 4.78. The molecule has 0 radical (unpaired) electrons. The van der Waals surface area contributed by atoms with Crippen molar-refractivity contribution in [1.29, 1.82) is 0 Å². The minimum absolute atomic E-state index is 0.0826. The summed E-state index contributed by atoms with van der Waals surface area (Å²) >= 11 is 0. The molecule has 19 heavy (non-hydrogen) atoms. The Morgan fingerprint density at radius 1 is 1.42 bits per heavy atom. The Labute approximate surface area is 109 Å². The van der Waals surface area contributed by atoms with Gasteiger partial charge in [-0.3, -0.25) is 19.7 Å². The summed E-state index contributed by atoms with van der Waals surface area (Å²) in [6.07, 6.45) is 2.19. The number of carbonyl (C=O) groups excluding carboxylic acids is 2. The Hall–Kier alpha value is -2.15. The summed E-state index contributed by atoms with van der Waals surface area (Å²) in [5.74, 6) is -0.955. The van der Waals surface area contributed by atoms with Gasteiger partial charge in [-0.25, -0.2) is 0 Å². The minimum Gasteiger partial charge on any atom is -0.365 e. The zero-order chi connectivity index (χ0) is 13.6. The number of aromatic nitrogens is 1. The summed E-state index contributed by atoms with van der Waals surface area (Å²) in [5.41, 5.74) is 4.88. The van der Waals surface area contributed by atoms with Crippen LogP contribution >= 0.6 is 0 Å². The Balaban J connectivity index is 2.10. The van der Waals surface area contributed by atoms with E-state index in [0.29, 0.717) is 18.8 Å². The summed E-state index contributed by atoms with van der Waals surface area (Å²) in [6.45, 7) is 2.05. The van der Waals surface area contributed by atoms with Gasteiger partial charge in [0.25, 0.3) is 11.8 Å². The van der Waals surface area contributed by atoms with E-state index < -0.39 is 11.3 Å². The Morgan fingerprint density at radius 3 is 2.95 bits per heavy atom. The number of hydrogen-bond donors (Lipinski definition) is 2. The summed E-state index contributed by atoms with van der Waals surface area (Å²) in [6, 6.07) is 1.20. The maximum absolute atomic E-state index is 12.3. The zero-order valence-electron chi connectivity index (χ0n) is 10.3. The van der Waals surface area contributed by atoms with Gasteiger partial charge in [0.05, 0.1) is 6.54 Å². The van der Waals surface area contributed by atoms with E-state index in [2.05, 4.69) is 5.32 Å². The third-order valence-electron chi connectivity index (χ3n) is 3.57. The number of amides is 2. The molecule has 2 aliphatic heterocycles. The number of nitrogens with one attached hydrogen (secondary N) is 1. The summed E-state index contributed by atoms with van der Waals surface area (Å²) in [7, 11) is 0. The van der Waals surface area contributed by atoms with Crippen LogP contribution in [0.15, 0.2) is 17.1 Å². The van der Waals surface area contributed by atoms with Crippen molar-refractivity contribution in [2.45, 2.75) is 19.1 Å². The van der Waals surface area contributed by atoms with Gasteiger partial charge in [-0.05, 0) is 13.0 Å². The van der Waals surface area contributed by atoms with Gasteiger partial charge in [0.2, 0.25) is 0 Å². The molecule has 0 saturated carbocycles. The highest BCUT2D eigenvalue weighted by Gasteiger charge is 2.34. The van der Waals surface area contributed by atoms with Crippen LogP contribution in [0.4, 0.5) is 0 Å². The van der Waals surface area contributed by atoms with E-state index in [1.54, 1.807) is 9.47 Å². The van der Waals surface area contributed by atoms with Gasteiger partial charge in [0, 0.05) is 18.8 Å². The number of hydrogen-bond acceptors (Lipinski definition) is 4. The molecule has 7 nitrogen and oxygen atoms in total. The van der Waals surface area contributed by atoms with Crippen LogP contribution in [0.25, 0.3) is 0 Å². The lowest BCUT2D eigenvalue weighted by molar-refractivity contribution is 0.0468. The lowest BCUT2D eigenvalue weighted by atomic mass is 10.1. The molecule has 0 aliphatic carbocycles. The van der Waals surface area contributed by atoms with Crippen molar-refractivity contribution < 1.29 is 9.59 Å². The molecule has 1 saturated heterocycles. The number of rotatable bonds is 1. The van der Waals surface area contributed by atoms with Gasteiger partial charge in [0.1, 0.15) is 17.4 Å². The highest BCUT2D eigenvalue weighted by molar-refractivity contribution is 5.96. The van der Waals surface area contributed by atoms with Crippen LogP contribution < -0.4 is 16.5 Å². The van der Waals surface area contributed by atoms with Gasteiger partial charge in [-0.1, -0.05) is 0 Å². The first kappa shape index (κ1) is 11.9. The fraction of sp³-hybridized carbons (Fsp3) is 0.417. The maximum atomic E-state index is 12.3. The molecule has 1 aromatic heterocycles. The van der Waals surface area contributed by atoms with Crippen molar-refractivity contribution in [2.75, 3.05) is 13.1 Å². The zero-order valence-corrected chi connectivity index (χ0v) is 10.3. The molecule has 3 rings (SSSR count). The Bertz CT molecular complexity index is 622. The van der Waals surface area contributed by atoms with Crippen molar-refractivity contribution in [3.8, 4) is 0 Å². The first-order valence-electron chi connectivity index (χ1n) is 6.16. The van der Waals surface area contributed by atoms with E-state index in [1.807, 2.05) is 0 Å². The van der Waals surface area contributed by atoms with E-state index in [0.717, 1.165) is 13.0 Å². The van der Waals surface area contributed by atoms with E-state index in [4.69, 9.17) is 5.73 Å². The van der Waals surface area contributed by atoms with Crippen molar-refractivity contribution in [3.05, 3.63) is 33.7 Å². The monoisotopic (exact) mass is 262 g/mol. The summed E-state index contributed by atoms with van der Waals surface area (Å²) in [4.78, 5) is 36.9. The molecule has 2 aliphatic rings. The van der Waals surface area contributed by atoms with Crippen LogP contribution in [-0.4, -0.2) is 40.5 Å². The van der Waals surface area contributed by atoms with Crippen LogP contribution in [0.1, 0.15) is 27.3 Å². The van der Waals surface area contributed by atoms with Crippen molar-refractivity contribution in [3.63, 3.8) is 0 Å². The summed E-state index contributed by atoms with van der Waals surface area (Å²) in [5, 5.41) is 3.25. The lowest BCUT2D eigenvalue weighted by Crippen LogP contribution is -2.59. The molecule has 2 amide bonds. The predicted octanol–water partition coefficient (Wildman–Crippen LogP) is -1.28. The number of carbonyl (C=O) groups is 2. The van der Waals surface area contributed by atoms with E-state index in [-0.39, 0.29) is 17.6 Å². The van der Waals surface area contributed by atoms with E-state index in [9.17, 15) is 14.4 Å². The molecule has 1 unspecified atom stereocenters. The van der Waals surface area contributed by atoms with Gasteiger partial charge >= 0.3 is 0 Å². The molecule has 0 spiro atoms. The Morgan fingerprint density at radius 2 is 2.21 bits per heavy atom. The third kappa shape index (κ3) is 1.82. The van der Waals surface area contributed by atoms with Crippen LogP contribution in [0.3, 0.4) is 0 Å². The van der Waals surface area contributed by atoms with Gasteiger partial charge < -0.3 is 15.2 Å². The maximum Gasteiger partial charge on any atom is 0.271 e. The number of nitrogens with two attached hydrogens (primary N) is 1. The highest BCUT2D eigenvalue weighted by Crippen LogP contribution is 2.18. The van der Waals surface area contributed by atoms with Gasteiger partial charge in [-0.15, -0.1) is 0 Å². The average Bonchev–Trinajstić information content (AvgIpc) is 2.39. The SMILES string of the molecule is NC(=O)c1cn2c(cc1=O)C(=O)N1CCCNC1C2. The van der Waals surface area contributed by atoms with Crippen molar-refractivity contribution in [1.82, 2.24) is 14.8 Å². The predicted molar refractivity (Wildman–Crippen MR) is 66.7 cm³/mol. The number of fused-ring (bicyclic) bond motifs is 2. The topological polar surface area (TPSA) is 97.4 Å². The largest absolute Gasteiger partial charge is 0.365 e. The number of nitrogens with zero attached hydrogens (tertiary/aromatic N) is 2. The number of pyridine rings is 1. The summed E-state index contributed by atoms with van der Waals surface area (Å²) < 4.78 is 1.63. The fourth-order valence-corrected chi connectivity index (χ4v) is 2.62. The quantitative estimate of drug-likeness (QED) is 0.659.